The first-order chi connectivity index (χ1) is 14.9. The van der Waals surface area contributed by atoms with Crippen molar-refractivity contribution in [3.8, 4) is 0 Å². The molecule has 0 spiro atoms. The zero-order valence-corrected chi connectivity index (χ0v) is 28.5. The second-order valence-electron chi connectivity index (χ2n) is 10.9. The maximum absolute atomic E-state index is 3.33. The Labute approximate surface area is 245 Å². The molecular weight excluding hydrogens is 674 g/mol. The number of hydrogen-bond donors (Lipinski definition) is 0. The molecule has 7 heteroatoms. The molecular formula is C26H55Br4N3. The summed E-state index contributed by atoms with van der Waals surface area (Å²) < 4.78 is 2.73. The Kier molecular flexibility index (Phi) is 25.7. The summed E-state index contributed by atoms with van der Waals surface area (Å²) in [5, 5.41) is 2.28. The van der Waals surface area contributed by atoms with Gasteiger partial charge < -0.3 is 47.8 Å². The molecule has 0 atom stereocenters. The summed E-state index contributed by atoms with van der Waals surface area (Å²) in [4.78, 5) is 2.39. The molecule has 0 radical (unpaired) electrons. The van der Waals surface area contributed by atoms with E-state index in [4.69, 9.17) is 0 Å². The summed E-state index contributed by atoms with van der Waals surface area (Å²) in [6.07, 6.45) is 18.5. The standard InChI is InChI=1S/C16H34N2.C6H13N.C4H8Br2.2BrH/c1-17(11-5-3-6-12-17)15-9-10-16-18(2)13-7-4-8-14-18;1-7-5-3-2-4-6-7;5-3-1-2-4-6;;/h3-16H2,1-2H3;2-6H2,1H3;1-4H2;2*1H/q+2;;;;/p-2. The minimum Gasteiger partial charge on any atom is -1.00 e. The van der Waals surface area contributed by atoms with Crippen LogP contribution in [0.2, 0.25) is 0 Å². The van der Waals surface area contributed by atoms with Gasteiger partial charge in [0.2, 0.25) is 0 Å². The van der Waals surface area contributed by atoms with E-state index in [1.165, 1.54) is 145 Å². The van der Waals surface area contributed by atoms with Gasteiger partial charge in [0.25, 0.3) is 0 Å². The van der Waals surface area contributed by atoms with Gasteiger partial charge in [-0.2, -0.15) is 0 Å². The molecule has 3 aliphatic rings. The number of likely N-dealkylation sites (tertiary alicyclic amines) is 3. The molecule has 0 aliphatic carbocycles. The average Bonchev–Trinajstić information content (AvgIpc) is 2.78. The van der Waals surface area contributed by atoms with E-state index in [-0.39, 0.29) is 34.0 Å². The molecule has 0 aromatic carbocycles. The summed E-state index contributed by atoms with van der Waals surface area (Å²) in [6.45, 7) is 11.2. The molecule has 3 saturated heterocycles. The predicted octanol–water partition coefficient (Wildman–Crippen LogP) is 0.694. The Hall–Kier alpha value is 1.80. The highest BCUT2D eigenvalue weighted by molar-refractivity contribution is 9.09. The number of unbranched alkanes of at least 4 members (excludes halogenated alkanes) is 2. The monoisotopic (exact) mass is 725 g/mol. The van der Waals surface area contributed by atoms with Crippen molar-refractivity contribution in [2.75, 3.05) is 84.2 Å². The molecule has 33 heavy (non-hydrogen) atoms. The molecule has 3 nitrogen and oxygen atoms in total. The molecule has 0 saturated carbocycles. The van der Waals surface area contributed by atoms with E-state index in [0.29, 0.717) is 0 Å². The molecule has 0 bridgehead atoms. The Bertz CT molecular complexity index is 378. The van der Waals surface area contributed by atoms with E-state index in [1.54, 1.807) is 0 Å². The van der Waals surface area contributed by atoms with Crippen LogP contribution in [-0.2, 0) is 0 Å². The fourth-order valence-electron chi connectivity index (χ4n) is 5.23. The van der Waals surface area contributed by atoms with Crippen LogP contribution in [0.3, 0.4) is 0 Å². The molecule has 0 aromatic heterocycles. The maximum atomic E-state index is 3.33. The number of rotatable bonds is 8. The molecule has 202 valence electrons. The highest BCUT2D eigenvalue weighted by atomic mass is 79.9. The van der Waals surface area contributed by atoms with Gasteiger partial charge in [-0.3, -0.25) is 0 Å². The van der Waals surface area contributed by atoms with Crippen LogP contribution in [0.4, 0.5) is 0 Å². The van der Waals surface area contributed by atoms with Crippen LogP contribution in [0.1, 0.15) is 83.5 Å². The van der Waals surface area contributed by atoms with Gasteiger partial charge in [-0.15, -0.1) is 0 Å². The van der Waals surface area contributed by atoms with Crippen molar-refractivity contribution in [2.24, 2.45) is 0 Å². The van der Waals surface area contributed by atoms with Gasteiger partial charge in [-0.1, -0.05) is 38.3 Å². The fourth-order valence-corrected chi connectivity index (χ4v) is 6.02. The summed E-state index contributed by atoms with van der Waals surface area (Å²) in [6, 6.07) is 0. The van der Waals surface area contributed by atoms with Crippen molar-refractivity contribution in [2.45, 2.75) is 83.5 Å². The van der Waals surface area contributed by atoms with Gasteiger partial charge in [-0.25, -0.2) is 0 Å². The van der Waals surface area contributed by atoms with Crippen LogP contribution in [-0.4, -0.2) is 98.0 Å². The van der Waals surface area contributed by atoms with Crippen molar-refractivity contribution in [3.63, 3.8) is 0 Å². The number of nitrogens with zero attached hydrogens (tertiary/aromatic N) is 3. The van der Waals surface area contributed by atoms with E-state index >= 15 is 0 Å². The molecule has 3 aliphatic heterocycles. The zero-order chi connectivity index (χ0) is 22.8. The molecule has 3 fully saturated rings. The van der Waals surface area contributed by atoms with E-state index in [9.17, 15) is 0 Å². The van der Waals surface area contributed by atoms with Crippen molar-refractivity contribution < 1.29 is 42.9 Å². The topological polar surface area (TPSA) is 3.24 Å². The van der Waals surface area contributed by atoms with Crippen molar-refractivity contribution >= 4 is 31.9 Å². The Morgan fingerprint density at radius 3 is 1.15 bits per heavy atom. The summed E-state index contributed by atoms with van der Waals surface area (Å²) in [5.74, 6) is 0. The largest absolute Gasteiger partial charge is 1.00 e. The van der Waals surface area contributed by atoms with Crippen molar-refractivity contribution in [1.29, 1.82) is 0 Å². The fraction of sp³-hybridized carbons (Fsp3) is 1.00. The van der Waals surface area contributed by atoms with Crippen LogP contribution >= 0.6 is 31.9 Å². The molecule has 3 rings (SSSR count). The first kappa shape index (κ1) is 37.0. The number of alkyl halides is 2. The van der Waals surface area contributed by atoms with Crippen molar-refractivity contribution in [1.82, 2.24) is 4.90 Å². The molecule has 0 amide bonds. The first-order valence-electron chi connectivity index (χ1n) is 13.4. The number of piperidine rings is 3. The van der Waals surface area contributed by atoms with Gasteiger partial charge in [0.05, 0.1) is 53.4 Å². The minimum absolute atomic E-state index is 0. The third-order valence-corrected chi connectivity index (χ3v) is 8.66. The minimum atomic E-state index is 0. The maximum Gasteiger partial charge on any atom is 0.0786 e. The van der Waals surface area contributed by atoms with Gasteiger partial charge >= 0.3 is 0 Å². The lowest BCUT2D eigenvalue weighted by Gasteiger charge is -2.39. The summed E-state index contributed by atoms with van der Waals surface area (Å²) >= 11 is 6.66. The average molecular weight is 729 g/mol. The second-order valence-corrected chi connectivity index (χ2v) is 12.4. The first-order valence-corrected chi connectivity index (χ1v) is 15.6. The second kappa shape index (κ2) is 23.0. The highest BCUT2D eigenvalue weighted by Crippen LogP contribution is 2.20. The summed E-state index contributed by atoms with van der Waals surface area (Å²) in [5.41, 5.74) is 0. The molecule has 0 aromatic rings. The third-order valence-electron chi connectivity index (χ3n) is 7.53. The van der Waals surface area contributed by atoms with E-state index < -0.39 is 0 Å². The van der Waals surface area contributed by atoms with Gasteiger partial charge in [-0.05, 0) is 84.3 Å². The lowest BCUT2D eigenvalue weighted by molar-refractivity contribution is -0.920. The van der Waals surface area contributed by atoms with Crippen molar-refractivity contribution in [3.05, 3.63) is 0 Å². The zero-order valence-electron chi connectivity index (χ0n) is 22.1. The van der Waals surface area contributed by atoms with E-state index in [0.717, 1.165) is 10.7 Å². The predicted molar refractivity (Wildman–Crippen MR) is 147 cm³/mol. The lowest BCUT2D eigenvalue weighted by atomic mass is 10.1. The number of quaternary nitrogens is 2. The van der Waals surface area contributed by atoms with Crippen LogP contribution in [0.15, 0.2) is 0 Å². The molecule has 0 unspecified atom stereocenters. The number of hydrogen-bond acceptors (Lipinski definition) is 1. The summed E-state index contributed by atoms with van der Waals surface area (Å²) in [7, 11) is 7.16. The Morgan fingerprint density at radius 2 is 0.879 bits per heavy atom. The molecule has 0 N–H and O–H groups in total. The smallest absolute Gasteiger partial charge is 0.0786 e. The van der Waals surface area contributed by atoms with Crippen LogP contribution in [0, 0.1) is 0 Å². The molecule has 3 heterocycles. The van der Waals surface area contributed by atoms with Gasteiger partial charge in [0, 0.05) is 23.5 Å². The van der Waals surface area contributed by atoms with Crippen LogP contribution in [0.25, 0.3) is 0 Å². The Balaban J connectivity index is 0. The SMILES string of the molecule is BrCCCCBr.CN1CCCCC1.C[N+]1(CCCC[N+]2(C)CCCCC2)CCCCC1.[Br-].[Br-]. The third kappa shape index (κ3) is 19.6. The quantitative estimate of drug-likeness (QED) is 0.202. The van der Waals surface area contributed by atoms with Gasteiger partial charge in [0.15, 0.2) is 0 Å². The Morgan fingerprint density at radius 1 is 0.545 bits per heavy atom. The number of halogens is 4. The van der Waals surface area contributed by atoms with Crippen LogP contribution < -0.4 is 34.0 Å². The lowest BCUT2D eigenvalue weighted by Crippen LogP contribution is -3.00. The van der Waals surface area contributed by atoms with Crippen LogP contribution in [0.5, 0.6) is 0 Å². The highest BCUT2D eigenvalue weighted by Gasteiger charge is 2.26. The van der Waals surface area contributed by atoms with Gasteiger partial charge in [0.1, 0.15) is 0 Å². The normalized spacial score (nSPS) is 21.7. The van der Waals surface area contributed by atoms with E-state index in [2.05, 4.69) is 57.9 Å². The van der Waals surface area contributed by atoms with E-state index in [1.807, 2.05) is 0 Å².